The number of carbonyl (C=O) groups is 2. The van der Waals surface area contributed by atoms with E-state index in [1.165, 1.54) is 42.8 Å². The second-order valence-corrected chi connectivity index (χ2v) is 12.7. The number of hydrogen-bond acceptors (Lipinski definition) is 6. The largest absolute Gasteiger partial charge is 0.381 e. The van der Waals surface area contributed by atoms with Crippen LogP contribution in [-0.4, -0.2) is 62.5 Å². The molecular formula is C30H44FN7O2. The standard InChI is InChI=1S/C30H44FN7O2/c31-22-18-33-27-24(26(32)36-38(27)19-22)28(39)35-25-23(20-11-16-37(17-12-20)29(40)21-8-9-21)10-15-34-30(25)13-6-4-2-1-3-5-7-14-30/h18-21,23,25,34H,1-17H2,(H2,32,36)(H,35,39). The Morgan fingerprint density at radius 2 is 1.68 bits per heavy atom. The zero-order valence-electron chi connectivity index (χ0n) is 23.5. The molecule has 2 saturated carbocycles. The molecule has 10 heteroatoms. The Bertz CT molecular complexity index is 1210. The van der Waals surface area contributed by atoms with Crippen LogP contribution >= 0.6 is 0 Å². The summed E-state index contributed by atoms with van der Waals surface area (Å²) in [5, 5.41) is 11.6. The zero-order valence-corrected chi connectivity index (χ0v) is 23.5. The topological polar surface area (TPSA) is 118 Å². The molecule has 2 atom stereocenters. The van der Waals surface area contributed by atoms with Crippen LogP contribution in [0.3, 0.4) is 0 Å². The Hall–Kier alpha value is -2.75. The fourth-order valence-electron chi connectivity index (χ4n) is 7.80. The lowest BCUT2D eigenvalue weighted by Gasteiger charge is -2.53. The van der Waals surface area contributed by atoms with Crippen LogP contribution in [0.5, 0.6) is 0 Å². The summed E-state index contributed by atoms with van der Waals surface area (Å²) in [7, 11) is 0. The van der Waals surface area contributed by atoms with E-state index in [9.17, 15) is 14.0 Å². The van der Waals surface area contributed by atoms with Crippen molar-refractivity contribution in [3.8, 4) is 0 Å². The average Bonchev–Trinajstić information content (AvgIpc) is 3.75. The number of piperidine rings is 2. The van der Waals surface area contributed by atoms with E-state index in [2.05, 4.69) is 25.6 Å². The molecule has 2 amide bonds. The third kappa shape index (κ3) is 5.56. The number of likely N-dealkylation sites (tertiary alicyclic amines) is 1. The predicted molar refractivity (Wildman–Crippen MR) is 151 cm³/mol. The van der Waals surface area contributed by atoms with Gasteiger partial charge in [0.1, 0.15) is 5.56 Å². The van der Waals surface area contributed by atoms with E-state index >= 15 is 0 Å². The van der Waals surface area contributed by atoms with Crippen molar-refractivity contribution in [2.24, 2.45) is 17.8 Å². The van der Waals surface area contributed by atoms with Gasteiger partial charge in [-0.05, 0) is 63.3 Å². The van der Waals surface area contributed by atoms with E-state index in [1.807, 2.05) is 0 Å². The van der Waals surface area contributed by atoms with Crippen molar-refractivity contribution in [3.63, 3.8) is 0 Å². The third-order valence-electron chi connectivity index (χ3n) is 10.1. The summed E-state index contributed by atoms with van der Waals surface area (Å²) in [6.45, 7) is 2.57. The molecule has 4 aliphatic rings. The lowest BCUT2D eigenvalue weighted by molar-refractivity contribution is -0.134. The molecule has 218 valence electrons. The van der Waals surface area contributed by atoms with Crippen molar-refractivity contribution in [1.82, 2.24) is 30.1 Å². The van der Waals surface area contributed by atoms with Gasteiger partial charge in [-0.2, -0.15) is 0 Å². The molecule has 0 bridgehead atoms. The molecule has 2 aliphatic heterocycles. The Kier molecular flexibility index (Phi) is 7.97. The second kappa shape index (κ2) is 11.6. The molecule has 2 unspecified atom stereocenters. The SMILES string of the molecule is Nc1nn2cc(F)cnc2c1C(=O)NC1C(C2CCN(C(=O)C3CC3)CC2)CCNC12CCCCCCCCC2. The molecule has 2 aliphatic carbocycles. The van der Waals surface area contributed by atoms with Crippen LogP contribution in [0, 0.1) is 23.6 Å². The lowest BCUT2D eigenvalue weighted by Crippen LogP contribution is -2.68. The number of nitrogens with one attached hydrogen (secondary N) is 2. The van der Waals surface area contributed by atoms with Crippen LogP contribution in [0.25, 0.3) is 5.65 Å². The normalized spacial score (nSPS) is 26.6. The van der Waals surface area contributed by atoms with Gasteiger partial charge in [0.15, 0.2) is 17.3 Å². The summed E-state index contributed by atoms with van der Waals surface area (Å²) >= 11 is 0. The quantitative estimate of drug-likeness (QED) is 0.526. The van der Waals surface area contributed by atoms with Gasteiger partial charge in [0.2, 0.25) is 5.91 Å². The van der Waals surface area contributed by atoms with Crippen molar-refractivity contribution in [2.45, 2.75) is 101 Å². The number of amides is 2. The summed E-state index contributed by atoms with van der Waals surface area (Å²) in [5.41, 5.74) is 6.50. The molecule has 2 saturated heterocycles. The van der Waals surface area contributed by atoms with Gasteiger partial charge in [-0.15, -0.1) is 5.10 Å². The minimum atomic E-state index is -0.537. The summed E-state index contributed by atoms with van der Waals surface area (Å²) in [4.78, 5) is 32.9. The Morgan fingerprint density at radius 3 is 2.35 bits per heavy atom. The van der Waals surface area contributed by atoms with Crippen molar-refractivity contribution >= 4 is 23.3 Å². The van der Waals surface area contributed by atoms with Gasteiger partial charge in [0.25, 0.3) is 5.91 Å². The van der Waals surface area contributed by atoms with E-state index in [0.717, 1.165) is 83.6 Å². The highest BCUT2D eigenvalue weighted by atomic mass is 19.1. The van der Waals surface area contributed by atoms with Crippen molar-refractivity contribution in [3.05, 3.63) is 23.8 Å². The minimum absolute atomic E-state index is 0.0582. The maximum atomic E-state index is 14.0. The molecule has 4 N–H and O–H groups in total. The van der Waals surface area contributed by atoms with Crippen LogP contribution in [-0.2, 0) is 4.79 Å². The van der Waals surface area contributed by atoms with Gasteiger partial charge in [-0.25, -0.2) is 13.9 Å². The number of carbonyl (C=O) groups excluding carboxylic acids is 2. The first kappa shape index (κ1) is 27.4. The first-order valence-electron chi connectivity index (χ1n) is 15.6. The fraction of sp³-hybridized carbons (Fsp3) is 0.733. The fourth-order valence-corrected chi connectivity index (χ4v) is 7.80. The molecule has 4 heterocycles. The lowest BCUT2D eigenvalue weighted by atomic mass is 9.65. The van der Waals surface area contributed by atoms with Gasteiger partial charge in [-0.1, -0.05) is 44.9 Å². The monoisotopic (exact) mass is 553 g/mol. The van der Waals surface area contributed by atoms with Crippen molar-refractivity contribution < 1.29 is 14.0 Å². The van der Waals surface area contributed by atoms with Crippen LogP contribution in [0.4, 0.5) is 10.2 Å². The summed E-state index contributed by atoms with van der Waals surface area (Å²) in [5.74, 6) is 0.574. The van der Waals surface area contributed by atoms with Crippen LogP contribution in [0.15, 0.2) is 12.4 Å². The molecule has 9 nitrogen and oxygen atoms in total. The number of rotatable bonds is 4. The minimum Gasteiger partial charge on any atom is -0.381 e. The van der Waals surface area contributed by atoms with Gasteiger partial charge >= 0.3 is 0 Å². The summed E-state index contributed by atoms with van der Waals surface area (Å²) in [6.07, 6.45) is 17.9. The predicted octanol–water partition coefficient (Wildman–Crippen LogP) is 4.07. The zero-order chi connectivity index (χ0) is 27.7. The third-order valence-corrected chi connectivity index (χ3v) is 10.1. The second-order valence-electron chi connectivity index (χ2n) is 12.7. The molecule has 1 spiro atoms. The molecule has 40 heavy (non-hydrogen) atoms. The highest BCUT2D eigenvalue weighted by molar-refractivity contribution is 6.04. The number of nitrogen functional groups attached to an aromatic ring is 1. The summed E-state index contributed by atoms with van der Waals surface area (Å²) in [6, 6.07) is -0.0707. The number of nitrogens with two attached hydrogens (primary N) is 1. The van der Waals surface area contributed by atoms with Crippen molar-refractivity contribution in [1.29, 1.82) is 0 Å². The van der Waals surface area contributed by atoms with E-state index in [-0.39, 0.29) is 40.4 Å². The smallest absolute Gasteiger partial charge is 0.259 e. The number of aromatic nitrogens is 3. The van der Waals surface area contributed by atoms with Gasteiger partial charge < -0.3 is 21.3 Å². The molecule has 6 rings (SSSR count). The maximum absolute atomic E-state index is 14.0. The van der Waals surface area contributed by atoms with Gasteiger partial charge in [-0.3, -0.25) is 9.59 Å². The average molecular weight is 554 g/mol. The van der Waals surface area contributed by atoms with Crippen LogP contribution in [0.1, 0.15) is 100 Å². The first-order chi connectivity index (χ1) is 19.4. The highest BCUT2D eigenvalue weighted by Crippen LogP contribution is 2.42. The van der Waals surface area contributed by atoms with Crippen molar-refractivity contribution in [2.75, 3.05) is 25.4 Å². The Morgan fingerprint density at radius 1 is 1.00 bits per heavy atom. The van der Waals surface area contributed by atoms with E-state index in [4.69, 9.17) is 5.73 Å². The Balaban J connectivity index is 1.28. The summed E-state index contributed by atoms with van der Waals surface area (Å²) < 4.78 is 15.1. The van der Waals surface area contributed by atoms with Gasteiger partial charge in [0.05, 0.1) is 18.4 Å². The number of fused-ring (bicyclic) bond motifs is 1. The molecule has 0 radical (unpaired) electrons. The molecule has 2 aromatic heterocycles. The van der Waals surface area contributed by atoms with Crippen LogP contribution in [0.2, 0.25) is 0 Å². The number of nitrogens with zero attached hydrogens (tertiary/aromatic N) is 4. The Labute approximate surface area is 235 Å². The van der Waals surface area contributed by atoms with E-state index < -0.39 is 5.82 Å². The molecule has 0 aromatic carbocycles. The van der Waals surface area contributed by atoms with Crippen LogP contribution < -0.4 is 16.4 Å². The molecular weight excluding hydrogens is 509 g/mol. The number of halogens is 1. The van der Waals surface area contributed by atoms with E-state index in [0.29, 0.717) is 17.7 Å². The maximum Gasteiger partial charge on any atom is 0.259 e. The first-order valence-corrected chi connectivity index (χ1v) is 15.6. The van der Waals surface area contributed by atoms with E-state index in [1.54, 1.807) is 0 Å². The van der Waals surface area contributed by atoms with Gasteiger partial charge in [0, 0.05) is 24.5 Å². The number of anilines is 1. The molecule has 4 fully saturated rings. The number of hydrogen-bond donors (Lipinski definition) is 3. The highest BCUT2D eigenvalue weighted by Gasteiger charge is 2.49. The molecule has 2 aromatic rings.